The van der Waals surface area contributed by atoms with Crippen LogP contribution in [0, 0.1) is 11.8 Å². The fourth-order valence-electron chi connectivity index (χ4n) is 2.72. The van der Waals surface area contributed by atoms with Gasteiger partial charge in [-0.25, -0.2) is 0 Å². The van der Waals surface area contributed by atoms with E-state index in [0.29, 0.717) is 5.92 Å². The van der Waals surface area contributed by atoms with Gasteiger partial charge in [0.05, 0.1) is 0 Å². The first kappa shape index (κ1) is 15.4. The monoisotopic (exact) mass is 255 g/mol. The highest BCUT2D eigenvalue weighted by Crippen LogP contribution is 2.30. The third kappa shape index (κ3) is 4.58. The lowest BCUT2D eigenvalue weighted by Crippen LogP contribution is -2.42. The van der Waals surface area contributed by atoms with Gasteiger partial charge in [-0.3, -0.25) is 4.79 Å². The highest BCUT2D eigenvalue weighted by molar-refractivity contribution is 5.79. The molecule has 0 aliphatic heterocycles. The van der Waals surface area contributed by atoms with Crippen LogP contribution in [0.15, 0.2) is 0 Å². The number of amides is 1. The van der Waals surface area contributed by atoms with Gasteiger partial charge in [-0.05, 0) is 52.2 Å². The molecule has 1 amide bonds. The van der Waals surface area contributed by atoms with Gasteiger partial charge in [-0.2, -0.15) is 0 Å². The minimum Gasteiger partial charge on any atom is -0.345 e. The molecule has 1 saturated carbocycles. The van der Waals surface area contributed by atoms with Crippen LogP contribution in [0.2, 0.25) is 0 Å². The van der Waals surface area contributed by atoms with Gasteiger partial charge in [0.1, 0.15) is 0 Å². The van der Waals surface area contributed by atoms with E-state index in [1.54, 1.807) is 0 Å². The number of hydrogen-bond acceptors (Lipinski definition) is 3. The van der Waals surface area contributed by atoms with E-state index in [1.807, 2.05) is 11.9 Å². The van der Waals surface area contributed by atoms with Crippen LogP contribution in [0.25, 0.3) is 0 Å². The van der Waals surface area contributed by atoms with Gasteiger partial charge in [-0.15, -0.1) is 0 Å². The number of rotatable bonds is 5. The quantitative estimate of drug-likeness (QED) is 0.802. The van der Waals surface area contributed by atoms with Crippen LogP contribution in [-0.2, 0) is 4.79 Å². The van der Waals surface area contributed by atoms with Crippen molar-refractivity contribution < 1.29 is 4.79 Å². The fraction of sp³-hybridized carbons (Fsp3) is 0.929. The molecule has 0 aromatic carbocycles. The van der Waals surface area contributed by atoms with Crippen molar-refractivity contribution in [3.8, 4) is 0 Å². The maximum absolute atomic E-state index is 12.4. The Hall–Kier alpha value is -0.610. The van der Waals surface area contributed by atoms with Crippen LogP contribution < -0.4 is 5.73 Å². The highest BCUT2D eigenvalue weighted by atomic mass is 16.2. The normalized spacial score (nSPS) is 28.4. The van der Waals surface area contributed by atoms with E-state index in [0.717, 1.165) is 38.8 Å². The largest absolute Gasteiger partial charge is 0.345 e. The van der Waals surface area contributed by atoms with E-state index in [2.05, 4.69) is 25.9 Å². The Morgan fingerprint density at radius 3 is 2.50 bits per heavy atom. The van der Waals surface area contributed by atoms with Gasteiger partial charge < -0.3 is 15.5 Å². The Morgan fingerprint density at radius 2 is 1.89 bits per heavy atom. The summed E-state index contributed by atoms with van der Waals surface area (Å²) in [6.45, 7) is 4.05. The molecule has 106 valence electrons. The first-order valence-electron chi connectivity index (χ1n) is 7.07. The second-order valence-electron chi connectivity index (χ2n) is 6.07. The Bertz CT molecular complexity index is 268. The zero-order valence-electron chi connectivity index (χ0n) is 12.4. The summed E-state index contributed by atoms with van der Waals surface area (Å²) in [5.41, 5.74) is 5.99. The molecule has 0 aromatic rings. The third-order valence-electron chi connectivity index (χ3n) is 4.03. The summed E-state index contributed by atoms with van der Waals surface area (Å²) in [6, 6.07) is 0.213. The number of nitrogens with zero attached hydrogens (tertiary/aromatic N) is 2. The molecule has 0 spiro atoms. The second-order valence-corrected chi connectivity index (χ2v) is 6.07. The minimum absolute atomic E-state index is 0.137. The van der Waals surface area contributed by atoms with Crippen molar-refractivity contribution in [2.45, 2.75) is 38.6 Å². The van der Waals surface area contributed by atoms with Crippen molar-refractivity contribution >= 4 is 5.91 Å². The summed E-state index contributed by atoms with van der Waals surface area (Å²) in [4.78, 5) is 16.4. The highest BCUT2D eigenvalue weighted by Gasteiger charge is 2.32. The van der Waals surface area contributed by atoms with Gasteiger partial charge in [0.15, 0.2) is 0 Å². The molecule has 3 unspecified atom stereocenters. The Morgan fingerprint density at radius 1 is 1.22 bits per heavy atom. The van der Waals surface area contributed by atoms with Gasteiger partial charge in [-0.1, -0.05) is 6.92 Å². The molecule has 0 saturated heterocycles. The topological polar surface area (TPSA) is 49.6 Å². The van der Waals surface area contributed by atoms with E-state index < -0.39 is 0 Å². The fourth-order valence-corrected chi connectivity index (χ4v) is 2.72. The van der Waals surface area contributed by atoms with E-state index in [1.165, 1.54) is 0 Å². The van der Waals surface area contributed by atoms with Crippen LogP contribution >= 0.6 is 0 Å². The molecule has 1 aliphatic carbocycles. The average molecular weight is 255 g/mol. The van der Waals surface area contributed by atoms with E-state index in [9.17, 15) is 4.79 Å². The lowest BCUT2D eigenvalue weighted by Gasteiger charge is -2.34. The van der Waals surface area contributed by atoms with Crippen LogP contribution in [0.1, 0.15) is 32.6 Å². The van der Waals surface area contributed by atoms with Crippen molar-refractivity contribution in [1.29, 1.82) is 0 Å². The summed E-state index contributed by atoms with van der Waals surface area (Å²) in [6.07, 6.45) is 4.04. The van der Waals surface area contributed by atoms with Crippen LogP contribution in [0.4, 0.5) is 0 Å². The molecular weight excluding hydrogens is 226 g/mol. The molecule has 0 bridgehead atoms. The molecule has 3 atom stereocenters. The molecule has 2 N–H and O–H groups in total. The van der Waals surface area contributed by atoms with Gasteiger partial charge in [0.25, 0.3) is 0 Å². The predicted octanol–water partition coefficient (Wildman–Crippen LogP) is 1.16. The van der Waals surface area contributed by atoms with Crippen molar-refractivity contribution in [3.63, 3.8) is 0 Å². The van der Waals surface area contributed by atoms with Crippen LogP contribution in [0.3, 0.4) is 0 Å². The molecule has 1 rings (SSSR count). The molecule has 1 aliphatic rings. The lowest BCUT2D eigenvalue weighted by molar-refractivity contribution is -0.137. The summed E-state index contributed by atoms with van der Waals surface area (Å²) in [5.74, 6) is 0.906. The molecular formula is C14H29N3O. The maximum Gasteiger partial charge on any atom is 0.225 e. The Labute approximate surface area is 111 Å². The van der Waals surface area contributed by atoms with Crippen LogP contribution in [-0.4, -0.2) is 56.0 Å². The first-order valence-corrected chi connectivity index (χ1v) is 7.07. The summed E-state index contributed by atoms with van der Waals surface area (Å²) in [7, 11) is 6.04. The van der Waals surface area contributed by atoms with Crippen molar-refractivity contribution in [3.05, 3.63) is 0 Å². The van der Waals surface area contributed by atoms with Crippen LogP contribution in [0.5, 0.6) is 0 Å². The standard InChI is InChI=1S/C14H29N3O/c1-11-6-7-12(15)10-13(11)14(18)17(4)9-5-8-16(2)3/h11-13H,5-10,15H2,1-4H3. The van der Waals surface area contributed by atoms with Crippen molar-refractivity contribution in [2.24, 2.45) is 17.6 Å². The molecule has 4 nitrogen and oxygen atoms in total. The zero-order valence-corrected chi connectivity index (χ0v) is 12.4. The van der Waals surface area contributed by atoms with E-state index in [4.69, 9.17) is 5.73 Å². The van der Waals surface area contributed by atoms with E-state index in [-0.39, 0.29) is 17.9 Å². The summed E-state index contributed by atoms with van der Waals surface area (Å²) >= 11 is 0. The van der Waals surface area contributed by atoms with Crippen molar-refractivity contribution in [2.75, 3.05) is 34.2 Å². The SMILES string of the molecule is CC1CCC(N)CC1C(=O)N(C)CCCN(C)C. The molecule has 1 fully saturated rings. The molecule has 18 heavy (non-hydrogen) atoms. The van der Waals surface area contributed by atoms with Gasteiger partial charge in [0.2, 0.25) is 5.91 Å². The van der Waals surface area contributed by atoms with E-state index >= 15 is 0 Å². The predicted molar refractivity (Wildman–Crippen MR) is 75.3 cm³/mol. The Kier molecular flexibility index (Phi) is 6.09. The third-order valence-corrected chi connectivity index (χ3v) is 4.03. The zero-order chi connectivity index (χ0) is 13.7. The molecule has 0 aromatic heterocycles. The lowest BCUT2D eigenvalue weighted by atomic mass is 9.77. The molecule has 0 heterocycles. The average Bonchev–Trinajstić information content (AvgIpc) is 2.30. The van der Waals surface area contributed by atoms with Gasteiger partial charge >= 0.3 is 0 Å². The summed E-state index contributed by atoms with van der Waals surface area (Å²) < 4.78 is 0. The minimum atomic E-state index is 0.137. The first-order chi connectivity index (χ1) is 8.41. The number of carbonyl (C=O) groups is 1. The summed E-state index contributed by atoms with van der Waals surface area (Å²) in [5, 5.41) is 0. The Balaban J connectivity index is 2.41. The maximum atomic E-state index is 12.4. The van der Waals surface area contributed by atoms with Crippen molar-refractivity contribution in [1.82, 2.24) is 9.80 Å². The second kappa shape index (κ2) is 7.10. The smallest absolute Gasteiger partial charge is 0.225 e. The number of nitrogens with two attached hydrogens (primary N) is 1. The number of carbonyl (C=O) groups excluding carboxylic acids is 1. The van der Waals surface area contributed by atoms with Gasteiger partial charge in [0, 0.05) is 25.6 Å². The molecule has 0 radical (unpaired) electrons. The molecule has 4 heteroatoms. The number of hydrogen-bond donors (Lipinski definition) is 1.